The van der Waals surface area contributed by atoms with E-state index < -0.39 is 11.2 Å². The molecular formula is C18H15N5O2S. The smallest absolute Gasteiger partial charge is 0.334 e. The van der Waals surface area contributed by atoms with Crippen LogP contribution in [0.3, 0.4) is 0 Å². The highest BCUT2D eigenvalue weighted by molar-refractivity contribution is 7.10. The molecule has 3 aromatic heterocycles. The van der Waals surface area contributed by atoms with Gasteiger partial charge in [-0.1, -0.05) is 24.3 Å². The average molecular weight is 365 g/mol. The fraction of sp³-hybridized carbons (Fsp3) is 0.111. The molecular weight excluding hydrogens is 350 g/mol. The summed E-state index contributed by atoms with van der Waals surface area (Å²) in [6.07, 6.45) is 1.43. The van der Waals surface area contributed by atoms with Gasteiger partial charge in [-0.15, -0.1) is 11.3 Å². The third kappa shape index (κ3) is 2.91. The predicted octanol–water partition coefficient (Wildman–Crippen LogP) is 2.70. The Labute approximate surface area is 152 Å². The molecule has 130 valence electrons. The second-order valence-corrected chi connectivity index (χ2v) is 6.72. The minimum atomic E-state index is -0.537. The van der Waals surface area contributed by atoms with Gasteiger partial charge in [0, 0.05) is 11.1 Å². The molecule has 0 aliphatic heterocycles. The topological polar surface area (TPSA) is 92.7 Å². The van der Waals surface area contributed by atoms with E-state index in [-0.39, 0.29) is 17.1 Å². The average Bonchev–Trinajstić information content (AvgIpc) is 3.17. The molecule has 7 nitrogen and oxygen atoms in total. The Bertz CT molecular complexity index is 1170. The van der Waals surface area contributed by atoms with E-state index in [4.69, 9.17) is 0 Å². The molecule has 1 atom stereocenters. The standard InChI is InChI=1S/C18H15N5O2S/c1-11(14-8-5-9-26-14)20-17-19-10-13-15(21-17)22-18(25)23(16(13)24)12-6-3-2-4-7-12/h2-11H,1H3,(H2,19,20,21,22,25). The largest absolute Gasteiger partial charge is 0.347 e. The molecule has 0 radical (unpaired) electrons. The minimum Gasteiger partial charge on any atom is -0.347 e. The number of hydrogen-bond acceptors (Lipinski definition) is 6. The van der Waals surface area contributed by atoms with Crippen molar-refractivity contribution in [3.63, 3.8) is 0 Å². The maximum absolute atomic E-state index is 12.7. The molecule has 0 fully saturated rings. The molecule has 0 aliphatic rings. The summed E-state index contributed by atoms with van der Waals surface area (Å²) in [7, 11) is 0. The van der Waals surface area contributed by atoms with Crippen LogP contribution in [-0.2, 0) is 0 Å². The first-order valence-electron chi connectivity index (χ1n) is 8.01. The van der Waals surface area contributed by atoms with Crippen molar-refractivity contribution in [2.45, 2.75) is 13.0 Å². The van der Waals surface area contributed by atoms with Crippen LogP contribution in [0.5, 0.6) is 0 Å². The van der Waals surface area contributed by atoms with Crippen molar-refractivity contribution >= 4 is 28.3 Å². The van der Waals surface area contributed by atoms with E-state index in [1.165, 1.54) is 6.20 Å². The van der Waals surface area contributed by atoms with E-state index in [2.05, 4.69) is 20.3 Å². The summed E-state index contributed by atoms with van der Waals surface area (Å²) in [6.45, 7) is 2.00. The summed E-state index contributed by atoms with van der Waals surface area (Å²) in [5.41, 5.74) is -0.283. The van der Waals surface area contributed by atoms with Gasteiger partial charge >= 0.3 is 5.69 Å². The van der Waals surface area contributed by atoms with E-state index in [1.807, 2.05) is 30.5 Å². The van der Waals surface area contributed by atoms with Crippen LogP contribution in [0.15, 0.2) is 63.6 Å². The Hall–Kier alpha value is -3.26. The molecule has 3 heterocycles. The van der Waals surface area contributed by atoms with E-state index >= 15 is 0 Å². The van der Waals surface area contributed by atoms with Crippen LogP contribution in [0.2, 0.25) is 0 Å². The van der Waals surface area contributed by atoms with Crippen LogP contribution < -0.4 is 16.6 Å². The maximum Gasteiger partial charge on any atom is 0.334 e. The Balaban J connectivity index is 1.76. The number of para-hydroxylation sites is 1. The Morgan fingerprint density at radius 2 is 1.96 bits per heavy atom. The van der Waals surface area contributed by atoms with Crippen LogP contribution in [-0.4, -0.2) is 19.5 Å². The molecule has 0 bridgehead atoms. The highest BCUT2D eigenvalue weighted by Crippen LogP contribution is 2.21. The number of nitrogens with one attached hydrogen (secondary N) is 2. The van der Waals surface area contributed by atoms with Crippen LogP contribution in [0.1, 0.15) is 17.8 Å². The first-order chi connectivity index (χ1) is 12.6. The third-order valence-electron chi connectivity index (χ3n) is 3.98. The van der Waals surface area contributed by atoms with Crippen molar-refractivity contribution in [1.82, 2.24) is 19.5 Å². The molecule has 0 saturated heterocycles. The molecule has 0 spiro atoms. The van der Waals surface area contributed by atoms with Gasteiger partial charge in [-0.25, -0.2) is 14.3 Å². The van der Waals surface area contributed by atoms with E-state index in [1.54, 1.807) is 35.6 Å². The fourth-order valence-corrected chi connectivity index (χ4v) is 3.42. The van der Waals surface area contributed by atoms with Gasteiger partial charge in [-0.3, -0.25) is 9.78 Å². The summed E-state index contributed by atoms with van der Waals surface area (Å²) >= 11 is 1.63. The second kappa shape index (κ2) is 6.57. The number of thiophene rings is 1. The second-order valence-electron chi connectivity index (χ2n) is 5.74. The van der Waals surface area contributed by atoms with Gasteiger partial charge in [0.1, 0.15) is 5.39 Å². The summed E-state index contributed by atoms with van der Waals surface area (Å²) in [5, 5.41) is 5.43. The van der Waals surface area contributed by atoms with Crippen molar-refractivity contribution in [1.29, 1.82) is 0 Å². The monoisotopic (exact) mass is 365 g/mol. The third-order valence-corrected chi connectivity index (χ3v) is 5.04. The van der Waals surface area contributed by atoms with E-state index in [9.17, 15) is 9.59 Å². The molecule has 8 heteroatoms. The Morgan fingerprint density at radius 1 is 1.15 bits per heavy atom. The van der Waals surface area contributed by atoms with Crippen molar-refractivity contribution in [2.75, 3.05) is 5.32 Å². The zero-order chi connectivity index (χ0) is 18.1. The van der Waals surface area contributed by atoms with Gasteiger partial charge in [0.05, 0.1) is 11.7 Å². The van der Waals surface area contributed by atoms with Gasteiger partial charge in [-0.05, 0) is 30.5 Å². The lowest BCUT2D eigenvalue weighted by Gasteiger charge is -2.12. The lowest BCUT2D eigenvalue weighted by Crippen LogP contribution is -2.34. The zero-order valence-electron chi connectivity index (χ0n) is 13.8. The van der Waals surface area contributed by atoms with Crippen molar-refractivity contribution in [3.05, 3.63) is 79.8 Å². The van der Waals surface area contributed by atoms with Crippen LogP contribution in [0.25, 0.3) is 16.7 Å². The van der Waals surface area contributed by atoms with Crippen LogP contribution in [0, 0.1) is 0 Å². The Morgan fingerprint density at radius 3 is 2.69 bits per heavy atom. The van der Waals surface area contributed by atoms with Crippen molar-refractivity contribution in [2.24, 2.45) is 0 Å². The van der Waals surface area contributed by atoms with Gasteiger partial charge < -0.3 is 5.32 Å². The molecule has 0 amide bonds. The molecule has 4 rings (SSSR count). The summed E-state index contributed by atoms with van der Waals surface area (Å²) in [6, 6.07) is 12.8. The molecule has 2 N–H and O–H groups in total. The first kappa shape index (κ1) is 16.2. The molecule has 4 aromatic rings. The normalized spacial score (nSPS) is 12.2. The van der Waals surface area contributed by atoms with Gasteiger partial charge in [0.25, 0.3) is 5.56 Å². The number of aromatic nitrogens is 4. The highest BCUT2D eigenvalue weighted by Gasteiger charge is 2.13. The summed E-state index contributed by atoms with van der Waals surface area (Å²) < 4.78 is 1.08. The number of H-pyrrole nitrogens is 1. The number of nitrogens with zero attached hydrogens (tertiary/aromatic N) is 3. The molecule has 26 heavy (non-hydrogen) atoms. The molecule has 0 aliphatic carbocycles. The van der Waals surface area contributed by atoms with Crippen molar-refractivity contribution < 1.29 is 0 Å². The number of hydrogen-bond donors (Lipinski definition) is 2. The number of aromatic amines is 1. The molecule has 1 aromatic carbocycles. The van der Waals surface area contributed by atoms with Crippen LogP contribution in [0.4, 0.5) is 5.95 Å². The van der Waals surface area contributed by atoms with E-state index in [0.29, 0.717) is 11.6 Å². The Kier molecular flexibility index (Phi) is 4.10. The number of anilines is 1. The quantitative estimate of drug-likeness (QED) is 0.580. The lowest BCUT2D eigenvalue weighted by molar-refractivity contribution is 0.870. The number of benzene rings is 1. The SMILES string of the molecule is CC(Nc1ncc2c(=O)n(-c3ccccc3)c(=O)[nH]c2n1)c1cccs1. The van der Waals surface area contributed by atoms with Gasteiger partial charge in [-0.2, -0.15) is 4.98 Å². The highest BCUT2D eigenvalue weighted by atomic mass is 32.1. The zero-order valence-corrected chi connectivity index (χ0v) is 14.7. The van der Waals surface area contributed by atoms with Crippen LogP contribution >= 0.6 is 11.3 Å². The van der Waals surface area contributed by atoms with Crippen molar-refractivity contribution in [3.8, 4) is 5.69 Å². The van der Waals surface area contributed by atoms with Gasteiger partial charge in [0.15, 0.2) is 5.65 Å². The molecule has 0 saturated carbocycles. The lowest BCUT2D eigenvalue weighted by atomic mass is 10.3. The first-order valence-corrected chi connectivity index (χ1v) is 8.89. The van der Waals surface area contributed by atoms with Gasteiger partial charge in [0.2, 0.25) is 5.95 Å². The summed E-state index contributed by atoms with van der Waals surface area (Å²) in [4.78, 5) is 37.4. The predicted molar refractivity (Wildman–Crippen MR) is 102 cm³/mol. The fourth-order valence-electron chi connectivity index (χ4n) is 2.69. The minimum absolute atomic E-state index is 0.0175. The maximum atomic E-state index is 12.7. The molecule has 1 unspecified atom stereocenters. The van der Waals surface area contributed by atoms with E-state index in [0.717, 1.165) is 9.44 Å². The number of rotatable bonds is 4. The number of fused-ring (bicyclic) bond motifs is 1. The summed E-state index contributed by atoms with van der Waals surface area (Å²) in [5.74, 6) is 0.353.